The third-order valence-electron chi connectivity index (χ3n) is 4.66. The minimum atomic E-state index is -0.897. The largest absolute Gasteiger partial charge is 0.480 e. The van der Waals surface area contributed by atoms with Crippen LogP contribution in [0.4, 0.5) is 0 Å². The van der Waals surface area contributed by atoms with E-state index in [1.807, 2.05) is 0 Å². The van der Waals surface area contributed by atoms with Crippen molar-refractivity contribution in [2.75, 3.05) is 19.6 Å². The molecule has 0 spiro atoms. The first-order chi connectivity index (χ1) is 8.48. The first kappa shape index (κ1) is 11.9. The van der Waals surface area contributed by atoms with Crippen molar-refractivity contribution >= 4 is 11.9 Å². The van der Waals surface area contributed by atoms with Gasteiger partial charge in [-0.2, -0.15) is 0 Å². The lowest BCUT2D eigenvalue weighted by molar-refractivity contribution is -0.145. The highest BCUT2D eigenvalue weighted by molar-refractivity contribution is 5.88. The maximum Gasteiger partial charge on any atom is 0.322 e. The molecule has 1 aliphatic heterocycles. The standard InChI is InChI=1S/C12H19N3O3/c13-12(3-4-12)11(1-2-11)10(18)15-6-5-14-8(7-15)9(16)17/h8,14H,1-7,13H2,(H,16,17). The molecule has 3 rings (SSSR count). The number of hydrogen-bond donors (Lipinski definition) is 3. The Labute approximate surface area is 106 Å². The minimum Gasteiger partial charge on any atom is -0.480 e. The van der Waals surface area contributed by atoms with Gasteiger partial charge in [-0.05, 0) is 25.7 Å². The van der Waals surface area contributed by atoms with Gasteiger partial charge in [-0.25, -0.2) is 0 Å². The quantitative estimate of drug-likeness (QED) is 0.608. The van der Waals surface area contributed by atoms with Crippen LogP contribution in [0, 0.1) is 5.41 Å². The van der Waals surface area contributed by atoms with Crippen LogP contribution in [0.3, 0.4) is 0 Å². The van der Waals surface area contributed by atoms with Crippen LogP contribution < -0.4 is 11.1 Å². The monoisotopic (exact) mass is 253 g/mol. The SMILES string of the molecule is NC1(C2(C(=O)N3CCNC(C(=O)O)C3)CC2)CC1. The Kier molecular flexibility index (Phi) is 2.44. The molecule has 2 aliphatic carbocycles. The summed E-state index contributed by atoms with van der Waals surface area (Å²) in [5, 5.41) is 11.9. The second kappa shape index (κ2) is 3.68. The molecule has 0 aromatic carbocycles. The molecule has 0 radical (unpaired) electrons. The number of amides is 1. The molecular weight excluding hydrogens is 234 g/mol. The van der Waals surface area contributed by atoms with Crippen LogP contribution >= 0.6 is 0 Å². The molecule has 1 atom stereocenters. The van der Waals surface area contributed by atoms with E-state index in [9.17, 15) is 9.59 Å². The highest BCUT2D eigenvalue weighted by atomic mass is 16.4. The number of carbonyl (C=O) groups is 2. The van der Waals surface area contributed by atoms with E-state index in [1.54, 1.807) is 4.90 Å². The first-order valence-corrected chi connectivity index (χ1v) is 6.53. The number of hydrogen-bond acceptors (Lipinski definition) is 4. The number of nitrogens with one attached hydrogen (secondary N) is 1. The number of piperazine rings is 1. The maximum absolute atomic E-state index is 12.6. The average Bonchev–Trinajstić information content (AvgIpc) is 3.24. The van der Waals surface area contributed by atoms with Gasteiger partial charge in [0.15, 0.2) is 0 Å². The van der Waals surface area contributed by atoms with Crippen molar-refractivity contribution in [1.82, 2.24) is 10.2 Å². The molecule has 2 saturated carbocycles. The van der Waals surface area contributed by atoms with Crippen LogP contribution in [0.1, 0.15) is 25.7 Å². The van der Waals surface area contributed by atoms with Crippen molar-refractivity contribution in [3.8, 4) is 0 Å². The molecule has 1 heterocycles. The fraction of sp³-hybridized carbons (Fsp3) is 0.833. The summed E-state index contributed by atoms with van der Waals surface area (Å²) in [5.74, 6) is -0.818. The van der Waals surface area contributed by atoms with Gasteiger partial charge in [0.2, 0.25) is 5.91 Å². The van der Waals surface area contributed by atoms with E-state index in [2.05, 4.69) is 5.32 Å². The molecule has 0 bridgehead atoms. The highest BCUT2D eigenvalue weighted by Gasteiger charge is 2.68. The predicted octanol–water partition coefficient (Wildman–Crippen LogP) is -0.857. The lowest BCUT2D eigenvalue weighted by Gasteiger charge is -2.36. The highest BCUT2D eigenvalue weighted by Crippen LogP contribution is 2.63. The van der Waals surface area contributed by atoms with Crippen LogP contribution in [0.15, 0.2) is 0 Å². The molecule has 100 valence electrons. The van der Waals surface area contributed by atoms with Crippen LogP contribution in [0.2, 0.25) is 0 Å². The van der Waals surface area contributed by atoms with E-state index in [4.69, 9.17) is 10.8 Å². The zero-order valence-corrected chi connectivity index (χ0v) is 10.3. The molecule has 1 unspecified atom stereocenters. The van der Waals surface area contributed by atoms with Crippen LogP contribution in [-0.4, -0.2) is 53.1 Å². The smallest absolute Gasteiger partial charge is 0.322 e. The summed E-state index contributed by atoms with van der Waals surface area (Å²) in [5.41, 5.74) is 5.54. The summed E-state index contributed by atoms with van der Waals surface area (Å²) in [6, 6.07) is -0.647. The topological polar surface area (TPSA) is 95.7 Å². The molecule has 6 heteroatoms. The van der Waals surface area contributed by atoms with Crippen molar-refractivity contribution in [3.05, 3.63) is 0 Å². The fourth-order valence-corrected chi connectivity index (χ4v) is 3.07. The van der Waals surface area contributed by atoms with E-state index >= 15 is 0 Å². The molecule has 3 fully saturated rings. The van der Waals surface area contributed by atoms with Gasteiger partial charge in [0.1, 0.15) is 6.04 Å². The van der Waals surface area contributed by atoms with Crippen molar-refractivity contribution in [2.45, 2.75) is 37.3 Å². The molecule has 4 N–H and O–H groups in total. The Morgan fingerprint density at radius 3 is 2.44 bits per heavy atom. The van der Waals surface area contributed by atoms with Gasteiger partial charge in [-0.15, -0.1) is 0 Å². The Bertz CT molecular complexity index is 401. The number of carbonyl (C=O) groups excluding carboxylic acids is 1. The number of nitrogens with two attached hydrogens (primary N) is 1. The molecule has 1 amide bonds. The van der Waals surface area contributed by atoms with Gasteiger partial charge in [0, 0.05) is 25.2 Å². The van der Waals surface area contributed by atoms with Gasteiger partial charge < -0.3 is 21.1 Å². The van der Waals surface area contributed by atoms with E-state index in [0.717, 1.165) is 25.7 Å². The summed E-state index contributed by atoms with van der Waals surface area (Å²) < 4.78 is 0. The second-order valence-electron chi connectivity index (χ2n) is 5.83. The van der Waals surface area contributed by atoms with Gasteiger partial charge >= 0.3 is 5.97 Å². The van der Waals surface area contributed by atoms with E-state index < -0.39 is 12.0 Å². The number of carboxylic acids is 1. The molecule has 0 aromatic rings. The molecule has 6 nitrogen and oxygen atoms in total. The lowest BCUT2D eigenvalue weighted by atomic mass is 9.92. The number of rotatable bonds is 3. The molecule has 1 saturated heterocycles. The average molecular weight is 253 g/mol. The molecule has 3 aliphatic rings. The predicted molar refractivity (Wildman–Crippen MR) is 63.8 cm³/mol. The summed E-state index contributed by atoms with van der Waals surface area (Å²) in [6.07, 6.45) is 3.58. The lowest BCUT2D eigenvalue weighted by Crippen LogP contribution is -2.58. The maximum atomic E-state index is 12.6. The van der Waals surface area contributed by atoms with Gasteiger partial charge in [0.25, 0.3) is 0 Å². The van der Waals surface area contributed by atoms with Crippen LogP contribution in [0.5, 0.6) is 0 Å². The third-order valence-corrected chi connectivity index (χ3v) is 4.66. The first-order valence-electron chi connectivity index (χ1n) is 6.53. The number of carboxylic acid groups (broad SMARTS) is 1. The van der Waals surface area contributed by atoms with E-state index in [-0.39, 0.29) is 23.4 Å². The van der Waals surface area contributed by atoms with Crippen LogP contribution in [-0.2, 0) is 9.59 Å². The number of aliphatic carboxylic acids is 1. The molecule has 0 aromatic heterocycles. The molecular formula is C12H19N3O3. The normalized spacial score (nSPS) is 31.8. The number of nitrogens with zero attached hydrogens (tertiary/aromatic N) is 1. The van der Waals surface area contributed by atoms with Crippen molar-refractivity contribution in [3.63, 3.8) is 0 Å². The molecule has 18 heavy (non-hydrogen) atoms. The van der Waals surface area contributed by atoms with Crippen molar-refractivity contribution in [2.24, 2.45) is 11.1 Å². The summed E-state index contributed by atoms with van der Waals surface area (Å²) in [4.78, 5) is 25.2. The minimum absolute atomic E-state index is 0.0789. The third kappa shape index (κ3) is 1.63. The summed E-state index contributed by atoms with van der Waals surface area (Å²) >= 11 is 0. The van der Waals surface area contributed by atoms with Crippen LogP contribution in [0.25, 0.3) is 0 Å². The van der Waals surface area contributed by atoms with Crippen molar-refractivity contribution in [1.29, 1.82) is 0 Å². The van der Waals surface area contributed by atoms with Gasteiger partial charge in [0.05, 0.1) is 5.41 Å². The summed E-state index contributed by atoms with van der Waals surface area (Å²) in [6.45, 7) is 1.38. The Morgan fingerprint density at radius 1 is 1.28 bits per heavy atom. The second-order valence-corrected chi connectivity index (χ2v) is 5.83. The van der Waals surface area contributed by atoms with Gasteiger partial charge in [-0.1, -0.05) is 0 Å². The Balaban J connectivity index is 1.71. The summed E-state index contributed by atoms with van der Waals surface area (Å²) in [7, 11) is 0. The van der Waals surface area contributed by atoms with Gasteiger partial charge in [-0.3, -0.25) is 9.59 Å². The van der Waals surface area contributed by atoms with E-state index in [1.165, 1.54) is 0 Å². The zero-order chi connectivity index (χ0) is 13.0. The fourth-order valence-electron chi connectivity index (χ4n) is 3.07. The Hall–Kier alpha value is -1.14. The zero-order valence-electron chi connectivity index (χ0n) is 10.3. The van der Waals surface area contributed by atoms with E-state index in [0.29, 0.717) is 13.1 Å². The van der Waals surface area contributed by atoms with Crippen molar-refractivity contribution < 1.29 is 14.7 Å². The Morgan fingerprint density at radius 2 is 1.94 bits per heavy atom.